The summed E-state index contributed by atoms with van der Waals surface area (Å²) in [6.45, 7) is 3.07. The van der Waals surface area contributed by atoms with Gasteiger partial charge >= 0.3 is 0 Å². The summed E-state index contributed by atoms with van der Waals surface area (Å²) in [5, 5.41) is 0. The van der Waals surface area contributed by atoms with Gasteiger partial charge in [0.15, 0.2) is 5.79 Å². The highest BCUT2D eigenvalue weighted by molar-refractivity contribution is 5.61. The smallest absolute Gasteiger partial charge is 0.225 e. The number of piperidine rings is 1. The van der Waals surface area contributed by atoms with Crippen LogP contribution in [0.25, 0.3) is 11.3 Å². The van der Waals surface area contributed by atoms with Crippen molar-refractivity contribution >= 4 is 5.95 Å². The zero-order valence-corrected chi connectivity index (χ0v) is 13.8. The van der Waals surface area contributed by atoms with Gasteiger partial charge in [-0.05, 0) is 30.3 Å². The van der Waals surface area contributed by atoms with Crippen molar-refractivity contribution in [2.24, 2.45) is 0 Å². The summed E-state index contributed by atoms with van der Waals surface area (Å²) in [6.07, 6.45) is 3.51. The van der Waals surface area contributed by atoms with Gasteiger partial charge in [0, 0.05) is 37.7 Å². The van der Waals surface area contributed by atoms with Crippen molar-refractivity contribution in [2.75, 3.05) is 38.3 Å². The SMILES string of the molecule is COc1ccc(-c2ccnc(N3CCC4(CC3)OCCO4)n2)cc1. The number of hydrogen-bond donors (Lipinski definition) is 0. The zero-order valence-electron chi connectivity index (χ0n) is 13.8. The average molecular weight is 327 g/mol. The Morgan fingerprint density at radius 3 is 2.42 bits per heavy atom. The van der Waals surface area contributed by atoms with Crippen molar-refractivity contribution < 1.29 is 14.2 Å². The van der Waals surface area contributed by atoms with Gasteiger partial charge in [-0.1, -0.05) is 0 Å². The minimum Gasteiger partial charge on any atom is -0.497 e. The summed E-state index contributed by atoms with van der Waals surface area (Å²) < 4.78 is 16.8. The first-order valence-electron chi connectivity index (χ1n) is 8.28. The molecule has 0 aliphatic carbocycles. The maximum Gasteiger partial charge on any atom is 0.225 e. The predicted octanol–water partition coefficient (Wildman–Crippen LogP) is 2.50. The molecular weight excluding hydrogens is 306 g/mol. The van der Waals surface area contributed by atoms with Crippen LogP contribution < -0.4 is 9.64 Å². The lowest BCUT2D eigenvalue weighted by atomic mass is 10.0. The van der Waals surface area contributed by atoms with Gasteiger partial charge in [0.1, 0.15) is 5.75 Å². The molecule has 0 saturated carbocycles. The zero-order chi connectivity index (χ0) is 16.4. The van der Waals surface area contributed by atoms with Gasteiger partial charge in [-0.15, -0.1) is 0 Å². The minimum absolute atomic E-state index is 0.371. The normalized spacial score (nSPS) is 19.6. The van der Waals surface area contributed by atoms with E-state index in [0.717, 1.165) is 48.9 Å². The van der Waals surface area contributed by atoms with E-state index in [1.165, 1.54) is 0 Å². The Morgan fingerprint density at radius 1 is 1.04 bits per heavy atom. The van der Waals surface area contributed by atoms with Crippen LogP contribution in [-0.4, -0.2) is 49.2 Å². The molecule has 2 fully saturated rings. The molecule has 2 saturated heterocycles. The van der Waals surface area contributed by atoms with Crippen molar-refractivity contribution in [3.8, 4) is 17.0 Å². The molecule has 0 amide bonds. The number of methoxy groups -OCH3 is 1. The van der Waals surface area contributed by atoms with E-state index >= 15 is 0 Å². The van der Waals surface area contributed by atoms with Crippen molar-refractivity contribution in [2.45, 2.75) is 18.6 Å². The molecule has 0 radical (unpaired) electrons. The number of nitrogens with zero attached hydrogens (tertiary/aromatic N) is 3. The highest BCUT2D eigenvalue weighted by atomic mass is 16.7. The van der Waals surface area contributed by atoms with Gasteiger partial charge < -0.3 is 19.1 Å². The number of hydrogen-bond acceptors (Lipinski definition) is 6. The van der Waals surface area contributed by atoms with E-state index in [2.05, 4.69) is 9.88 Å². The molecule has 126 valence electrons. The summed E-state index contributed by atoms with van der Waals surface area (Å²) >= 11 is 0. The fraction of sp³-hybridized carbons (Fsp3) is 0.444. The van der Waals surface area contributed by atoms with Crippen LogP contribution in [0.2, 0.25) is 0 Å². The fourth-order valence-corrected chi connectivity index (χ4v) is 3.26. The maximum atomic E-state index is 5.78. The fourth-order valence-electron chi connectivity index (χ4n) is 3.26. The van der Waals surface area contributed by atoms with Crippen molar-refractivity contribution in [3.05, 3.63) is 36.5 Å². The molecule has 6 nitrogen and oxygen atoms in total. The Bertz CT molecular complexity index is 689. The average Bonchev–Trinajstić information content (AvgIpc) is 3.10. The summed E-state index contributed by atoms with van der Waals surface area (Å²) in [5.74, 6) is 1.23. The van der Waals surface area contributed by atoms with Crippen molar-refractivity contribution in [3.63, 3.8) is 0 Å². The van der Waals surface area contributed by atoms with E-state index in [4.69, 9.17) is 19.2 Å². The molecule has 3 heterocycles. The van der Waals surface area contributed by atoms with E-state index in [1.54, 1.807) is 7.11 Å². The maximum absolute atomic E-state index is 5.78. The second-order valence-corrected chi connectivity index (χ2v) is 6.07. The van der Waals surface area contributed by atoms with Gasteiger partial charge in [0.25, 0.3) is 0 Å². The largest absolute Gasteiger partial charge is 0.497 e. The quantitative estimate of drug-likeness (QED) is 0.863. The number of aromatic nitrogens is 2. The van der Waals surface area contributed by atoms with Crippen LogP contribution in [0.4, 0.5) is 5.95 Å². The van der Waals surface area contributed by atoms with Gasteiger partial charge in [0.05, 0.1) is 26.0 Å². The van der Waals surface area contributed by atoms with Crippen LogP contribution in [0, 0.1) is 0 Å². The van der Waals surface area contributed by atoms with Crippen LogP contribution in [0.15, 0.2) is 36.5 Å². The van der Waals surface area contributed by atoms with Crippen LogP contribution >= 0.6 is 0 Å². The summed E-state index contributed by atoms with van der Waals surface area (Å²) in [4.78, 5) is 11.4. The molecule has 0 unspecified atom stereocenters. The number of ether oxygens (including phenoxy) is 3. The molecule has 2 aliphatic rings. The van der Waals surface area contributed by atoms with E-state index in [-0.39, 0.29) is 5.79 Å². The van der Waals surface area contributed by atoms with E-state index in [1.807, 2.05) is 36.5 Å². The van der Waals surface area contributed by atoms with E-state index in [9.17, 15) is 0 Å². The molecule has 1 spiro atoms. The summed E-state index contributed by atoms with van der Waals surface area (Å²) in [5.41, 5.74) is 1.96. The monoisotopic (exact) mass is 327 g/mol. The topological polar surface area (TPSA) is 56.7 Å². The lowest BCUT2D eigenvalue weighted by Gasteiger charge is -2.37. The Balaban J connectivity index is 1.50. The second kappa shape index (κ2) is 6.37. The third-order valence-corrected chi connectivity index (χ3v) is 4.65. The number of anilines is 1. The van der Waals surface area contributed by atoms with Gasteiger partial charge in [-0.3, -0.25) is 0 Å². The third-order valence-electron chi connectivity index (χ3n) is 4.65. The van der Waals surface area contributed by atoms with Crippen molar-refractivity contribution in [1.82, 2.24) is 9.97 Å². The van der Waals surface area contributed by atoms with E-state index in [0.29, 0.717) is 13.2 Å². The van der Waals surface area contributed by atoms with Crippen LogP contribution in [-0.2, 0) is 9.47 Å². The molecule has 1 aromatic heterocycles. The molecule has 4 rings (SSSR count). The molecule has 24 heavy (non-hydrogen) atoms. The lowest BCUT2D eigenvalue weighted by molar-refractivity contribution is -0.169. The molecule has 0 atom stereocenters. The van der Waals surface area contributed by atoms with Crippen LogP contribution in [0.3, 0.4) is 0 Å². The number of benzene rings is 1. The molecule has 2 aromatic rings. The van der Waals surface area contributed by atoms with E-state index < -0.39 is 0 Å². The third kappa shape index (κ3) is 2.95. The molecule has 2 aliphatic heterocycles. The molecule has 0 N–H and O–H groups in total. The van der Waals surface area contributed by atoms with Gasteiger partial charge in [0.2, 0.25) is 5.95 Å². The molecule has 6 heteroatoms. The van der Waals surface area contributed by atoms with Crippen molar-refractivity contribution in [1.29, 1.82) is 0 Å². The molecule has 0 bridgehead atoms. The number of rotatable bonds is 3. The summed E-state index contributed by atoms with van der Waals surface area (Å²) in [6, 6.07) is 9.83. The minimum atomic E-state index is -0.371. The Morgan fingerprint density at radius 2 is 1.75 bits per heavy atom. The first kappa shape index (κ1) is 15.4. The highest BCUT2D eigenvalue weighted by Crippen LogP contribution is 2.32. The first-order valence-corrected chi connectivity index (χ1v) is 8.28. The van der Waals surface area contributed by atoms with Crippen LogP contribution in [0.1, 0.15) is 12.8 Å². The molecule has 1 aromatic carbocycles. The summed E-state index contributed by atoms with van der Waals surface area (Å²) in [7, 11) is 1.67. The highest BCUT2D eigenvalue weighted by Gasteiger charge is 2.40. The van der Waals surface area contributed by atoms with Gasteiger partial charge in [-0.25, -0.2) is 9.97 Å². The first-order chi connectivity index (χ1) is 11.8. The Kier molecular flexibility index (Phi) is 4.08. The predicted molar refractivity (Wildman–Crippen MR) is 90.1 cm³/mol. The standard InChI is InChI=1S/C18H21N3O3/c1-22-15-4-2-14(3-5-15)16-6-9-19-17(20-16)21-10-7-18(8-11-21)23-12-13-24-18/h2-6,9H,7-8,10-13H2,1H3. The lowest BCUT2D eigenvalue weighted by Crippen LogP contribution is -2.45. The molecular formula is C18H21N3O3. The Labute approximate surface area is 141 Å². The van der Waals surface area contributed by atoms with Crippen LogP contribution in [0.5, 0.6) is 5.75 Å². The van der Waals surface area contributed by atoms with Gasteiger partial charge in [-0.2, -0.15) is 0 Å². The Hall–Kier alpha value is -2.18. The second-order valence-electron chi connectivity index (χ2n) is 6.07.